The number of carboxylic acids is 2. The van der Waals surface area contributed by atoms with E-state index in [2.05, 4.69) is 10.3 Å². The first-order valence-electron chi connectivity index (χ1n) is 6.48. The van der Waals surface area contributed by atoms with E-state index in [0.717, 1.165) is 0 Å². The standard InChI is InChI=1S/C13H21N3O4/c1-8(2)4-10(12(17)18)15-11(13(19)20)5-9-6-16(3)7-14-9/h6-8,10-11,15H,4-5H2,1-3H3,(H,17,18)(H,19,20)/t10?,11-/m1/s1. The highest BCUT2D eigenvalue weighted by Gasteiger charge is 2.27. The summed E-state index contributed by atoms with van der Waals surface area (Å²) in [7, 11) is 1.79. The number of imidazole rings is 1. The quantitative estimate of drug-likeness (QED) is 0.642. The van der Waals surface area contributed by atoms with Crippen molar-refractivity contribution in [1.29, 1.82) is 0 Å². The van der Waals surface area contributed by atoms with Crippen molar-refractivity contribution in [1.82, 2.24) is 14.9 Å². The first-order valence-corrected chi connectivity index (χ1v) is 6.48. The monoisotopic (exact) mass is 283 g/mol. The maximum atomic E-state index is 11.3. The first kappa shape index (κ1) is 16.2. The number of rotatable bonds is 8. The molecule has 1 aromatic heterocycles. The SMILES string of the molecule is CC(C)CC(N[C@H](Cc1cn(C)cn1)C(=O)O)C(=O)O. The van der Waals surface area contributed by atoms with E-state index in [1.165, 1.54) is 0 Å². The van der Waals surface area contributed by atoms with Gasteiger partial charge < -0.3 is 14.8 Å². The molecule has 0 amide bonds. The van der Waals surface area contributed by atoms with E-state index < -0.39 is 24.0 Å². The van der Waals surface area contributed by atoms with E-state index in [1.807, 2.05) is 13.8 Å². The van der Waals surface area contributed by atoms with Crippen molar-refractivity contribution in [3.8, 4) is 0 Å². The third-order valence-electron chi connectivity index (χ3n) is 2.88. The fourth-order valence-corrected chi connectivity index (χ4v) is 1.95. The zero-order chi connectivity index (χ0) is 15.3. The van der Waals surface area contributed by atoms with Crippen LogP contribution in [0.4, 0.5) is 0 Å². The summed E-state index contributed by atoms with van der Waals surface area (Å²) >= 11 is 0. The van der Waals surface area contributed by atoms with Crippen LogP contribution in [-0.2, 0) is 23.1 Å². The Bertz CT molecular complexity index is 470. The van der Waals surface area contributed by atoms with Crippen molar-refractivity contribution in [3.63, 3.8) is 0 Å². The van der Waals surface area contributed by atoms with E-state index >= 15 is 0 Å². The van der Waals surface area contributed by atoms with Crippen molar-refractivity contribution < 1.29 is 19.8 Å². The zero-order valence-electron chi connectivity index (χ0n) is 11.9. The average molecular weight is 283 g/mol. The largest absolute Gasteiger partial charge is 0.480 e. The number of aryl methyl sites for hydroxylation is 1. The second-order valence-electron chi connectivity index (χ2n) is 5.31. The summed E-state index contributed by atoms with van der Waals surface area (Å²) in [6, 6.07) is -1.84. The molecule has 3 N–H and O–H groups in total. The molecule has 1 unspecified atom stereocenters. The summed E-state index contributed by atoms with van der Waals surface area (Å²) in [5, 5.41) is 21.1. The van der Waals surface area contributed by atoms with E-state index in [9.17, 15) is 14.7 Å². The molecule has 0 aliphatic heterocycles. The molecule has 0 spiro atoms. The average Bonchev–Trinajstić information content (AvgIpc) is 2.72. The second kappa shape index (κ2) is 7.04. The third kappa shape index (κ3) is 5.00. The van der Waals surface area contributed by atoms with E-state index in [0.29, 0.717) is 12.1 Å². The number of carboxylic acid groups (broad SMARTS) is 2. The van der Waals surface area contributed by atoms with Crippen LogP contribution in [0.3, 0.4) is 0 Å². The number of carbonyl (C=O) groups is 2. The molecule has 20 heavy (non-hydrogen) atoms. The number of aliphatic carboxylic acids is 2. The fourth-order valence-electron chi connectivity index (χ4n) is 1.95. The molecule has 2 atom stereocenters. The van der Waals surface area contributed by atoms with Crippen LogP contribution in [-0.4, -0.2) is 43.8 Å². The summed E-state index contributed by atoms with van der Waals surface area (Å²) in [5.41, 5.74) is 0.612. The lowest BCUT2D eigenvalue weighted by atomic mass is 10.0. The molecule has 0 aromatic carbocycles. The van der Waals surface area contributed by atoms with Gasteiger partial charge >= 0.3 is 11.9 Å². The molecule has 7 heteroatoms. The van der Waals surface area contributed by atoms with Crippen LogP contribution in [0.5, 0.6) is 0 Å². The molecule has 0 saturated carbocycles. The maximum Gasteiger partial charge on any atom is 0.321 e. The van der Waals surface area contributed by atoms with Gasteiger partial charge in [-0.1, -0.05) is 13.8 Å². The van der Waals surface area contributed by atoms with Crippen LogP contribution >= 0.6 is 0 Å². The molecule has 0 radical (unpaired) electrons. The number of hydrogen-bond acceptors (Lipinski definition) is 4. The minimum absolute atomic E-state index is 0.151. The van der Waals surface area contributed by atoms with Gasteiger partial charge in [0.1, 0.15) is 12.1 Å². The lowest BCUT2D eigenvalue weighted by Crippen LogP contribution is -2.48. The Morgan fingerprint density at radius 2 is 1.90 bits per heavy atom. The lowest BCUT2D eigenvalue weighted by Gasteiger charge is -2.21. The van der Waals surface area contributed by atoms with Crippen molar-refractivity contribution in [2.75, 3.05) is 0 Å². The van der Waals surface area contributed by atoms with E-state index in [1.54, 1.807) is 24.1 Å². The van der Waals surface area contributed by atoms with Crippen molar-refractivity contribution in [3.05, 3.63) is 18.2 Å². The normalized spacial score (nSPS) is 14.2. The van der Waals surface area contributed by atoms with Gasteiger partial charge in [-0.2, -0.15) is 0 Å². The summed E-state index contributed by atoms with van der Waals surface area (Å²) < 4.78 is 1.72. The maximum absolute atomic E-state index is 11.3. The third-order valence-corrected chi connectivity index (χ3v) is 2.88. The van der Waals surface area contributed by atoms with Crippen molar-refractivity contribution in [2.45, 2.75) is 38.8 Å². The second-order valence-corrected chi connectivity index (χ2v) is 5.31. The summed E-state index contributed by atoms with van der Waals surface area (Å²) in [6.07, 6.45) is 3.83. The Morgan fingerprint density at radius 1 is 1.30 bits per heavy atom. The van der Waals surface area contributed by atoms with Crippen LogP contribution in [0.1, 0.15) is 26.0 Å². The number of nitrogens with one attached hydrogen (secondary N) is 1. The molecule has 1 rings (SSSR count). The van der Waals surface area contributed by atoms with Crippen LogP contribution in [0.25, 0.3) is 0 Å². The highest BCUT2D eigenvalue weighted by Crippen LogP contribution is 2.08. The Labute approximate surface area is 117 Å². The van der Waals surface area contributed by atoms with Gasteiger partial charge in [0.2, 0.25) is 0 Å². The van der Waals surface area contributed by atoms with Crippen LogP contribution in [0.2, 0.25) is 0 Å². The van der Waals surface area contributed by atoms with Crippen molar-refractivity contribution in [2.24, 2.45) is 13.0 Å². The molecule has 112 valence electrons. The molecular formula is C13H21N3O4. The molecule has 1 heterocycles. The first-order chi connectivity index (χ1) is 9.29. The van der Waals surface area contributed by atoms with Gasteiger partial charge in [-0.25, -0.2) is 4.98 Å². The van der Waals surface area contributed by atoms with Gasteiger partial charge in [-0.15, -0.1) is 0 Å². The molecule has 1 aromatic rings. The fraction of sp³-hybridized carbons (Fsp3) is 0.615. The topological polar surface area (TPSA) is 104 Å². The number of aromatic nitrogens is 2. The minimum atomic E-state index is -1.08. The van der Waals surface area contributed by atoms with Gasteiger partial charge in [0.05, 0.1) is 12.0 Å². The lowest BCUT2D eigenvalue weighted by molar-refractivity contribution is -0.142. The molecule has 0 aliphatic carbocycles. The Balaban J connectivity index is 2.74. The van der Waals surface area contributed by atoms with Crippen molar-refractivity contribution >= 4 is 11.9 Å². The van der Waals surface area contributed by atoms with Crippen LogP contribution < -0.4 is 5.32 Å². The highest BCUT2D eigenvalue weighted by molar-refractivity contribution is 5.77. The molecule has 0 fully saturated rings. The number of nitrogens with zero attached hydrogens (tertiary/aromatic N) is 2. The minimum Gasteiger partial charge on any atom is -0.480 e. The highest BCUT2D eigenvalue weighted by atomic mass is 16.4. The Kier molecular flexibility index (Phi) is 5.69. The van der Waals surface area contributed by atoms with E-state index in [-0.39, 0.29) is 12.3 Å². The summed E-state index contributed by atoms with van der Waals surface area (Å²) in [4.78, 5) is 26.5. The van der Waals surface area contributed by atoms with E-state index in [4.69, 9.17) is 5.11 Å². The predicted molar refractivity (Wildman–Crippen MR) is 72.4 cm³/mol. The molecule has 0 saturated heterocycles. The van der Waals surface area contributed by atoms with Gasteiger partial charge in [0.15, 0.2) is 0 Å². The van der Waals surface area contributed by atoms with Crippen LogP contribution in [0, 0.1) is 5.92 Å². The van der Waals surface area contributed by atoms with Gasteiger partial charge in [-0.3, -0.25) is 14.9 Å². The summed E-state index contributed by atoms with van der Waals surface area (Å²) in [5.74, 6) is -1.95. The molecule has 0 bridgehead atoms. The zero-order valence-corrected chi connectivity index (χ0v) is 11.9. The number of hydrogen-bond donors (Lipinski definition) is 3. The molecule has 7 nitrogen and oxygen atoms in total. The summed E-state index contributed by atoms with van der Waals surface area (Å²) in [6.45, 7) is 3.79. The predicted octanol–water partition coefficient (Wildman–Crippen LogP) is 0.505. The Morgan fingerprint density at radius 3 is 2.30 bits per heavy atom. The smallest absolute Gasteiger partial charge is 0.321 e. The van der Waals surface area contributed by atoms with Crippen LogP contribution in [0.15, 0.2) is 12.5 Å². The molecular weight excluding hydrogens is 262 g/mol. The van der Waals surface area contributed by atoms with Gasteiger partial charge in [0, 0.05) is 19.7 Å². The van der Waals surface area contributed by atoms with Gasteiger partial charge in [0.25, 0.3) is 0 Å². The Hall–Kier alpha value is -1.89. The molecule has 0 aliphatic rings. The van der Waals surface area contributed by atoms with Gasteiger partial charge in [-0.05, 0) is 12.3 Å².